The molecule has 2 aliphatic rings. The number of fused-ring (bicyclic) bond motifs is 1. The average Bonchev–Trinajstić information content (AvgIpc) is 3.32. The van der Waals surface area contributed by atoms with Gasteiger partial charge < -0.3 is 4.74 Å². The van der Waals surface area contributed by atoms with Gasteiger partial charge in [-0.15, -0.1) is 16.4 Å². The van der Waals surface area contributed by atoms with Crippen molar-refractivity contribution in [1.29, 1.82) is 0 Å². The van der Waals surface area contributed by atoms with Crippen molar-refractivity contribution in [3.05, 3.63) is 40.1 Å². The second-order valence-corrected chi connectivity index (χ2v) is 8.86. The molecule has 1 saturated carbocycles. The number of aromatic nitrogens is 4. The molecular formula is C20H25N5OS. The Hall–Kier alpha value is -1.99. The molecule has 1 aliphatic carbocycles. The zero-order chi connectivity index (χ0) is 18.2. The van der Waals surface area contributed by atoms with Gasteiger partial charge in [0, 0.05) is 23.9 Å². The van der Waals surface area contributed by atoms with E-state index in [-0.39, 0.29) is 0 Å². The first-order valence-electron chi connectivity index (χ1n) is 9.85. The van der Waals surface area contributed by atoms with Crippen molar-refractivity contribution in [2.75, 3.05) is 19.7 Å². The Bertz CT molecular complexity index is 923. The van der Waals surface area contributed by atoms with Gasteiger partial charge >= 0.3 is 0 Å². The first-order chi connectivity index (χ1) is 13.2. The molecule has 4 heterocycles. The Morgan fingerprint density at radius 1 is 1.15 bits per heavy atom. The Labute approximate surface area is 163 Å². The number of hydrogen-bond donors (Lipinski definition) is 0. The molecule has 0 spiro atoms. The quantitative estimate of drug-likeness (QED) is 0.650. The monoisotopic (exact) mass is 383 g/mol. The van der Waals surface area contributed by atoms with Gasteiger partial charge in [0.25, 0.3) is 0 Å². The summed E-state index contributed by atoms with van der Waals surface area (Å²) in [5, 5.41) is 7.91. The van der Waals surface area contributed by atoms with Crippen LogP contribution < -0.4 is 4.74 Å². The summed E-state index contributed by atoms with van der Waals surface area (Å²) in [5.74, 6) is 1.94. The molecule has 0 aromatic carbocycles. The third kappa shape index (κ3) is 3.99. The van der Waals surface area contributed by atoms with E-state index in [1.807, 2.05) is 16.6 Å². The lowest BCUT2D eigenvalue weighted by molar-refractivity contribution is 0.133. The molecule has 7 heteroatoms. The van der Waals surface area contributed by atoms with E-state index in [9.17, 15) is 0 Å². The van der Waals surface area contributed by atoms with Crippen molar-refractivity contribution in [1.82, 2.24) is 24.5 Å². The lowest BCUT2D eigenvalue weighted by Gasteiger charge is -2.31. The minimum atomic E-state index is 0.598. The average molecular weight is 384 g/mol. The van der Waals surface area contributed by atoms with Crippen LogP contribution >= 0.6 is 11.3 Å². The third-order valence-corrected chi connectivity index (χ3v) is 6.36. The maximum atomic E-state index is 6.01. The minimum Gasteiger partial charge on any atom is -0.476 e. The Balaban J connectivity index is 1.12. The van der Waals surface area contributed by atoms with Gasteiger partial charge in [0.2, 0.25) is 5.88 Å². The zero-order valence-electron chi connectivity index (χ0n) is 15.7. The highest BCUT2D eigenvalue weighted by molar-refractivity contribution is 7.09. The fourth-order valence-electron chi connectivity index (χ4n) is 3.76. The van der Waals surface area contributed by atoms with Crippen LogP contribution in [0.25, 0.3) is 5.65 Å². The molecule has 0 atom stereocenters. The van der Waals surface area contributed by atoms with Crippen LogP contribution in [-0.2, 0) is 6.54 Å². The van der Waals surface area contributed by atoms with E-state index in [0.29, 0.717) is 17.7 Å². The number of imidazole rings is 1. The highest BCUT2D eigenvalue weighted by Gasteiger charge is 2.26. The normalized spacial score (nSPS) is 19.0. The van der Waals surface area contributed by atoms with E-state index < -0.39 is 0 Å². The lowest BCUT2D eigenvalue weighted by atomic mass is 9.98. The van der Waals surface area contributed by atoms with Crippen molar-refractivity contribution in [2.45, 2.75) is 45.1 Å². The molecule has 0 N–H and O–H groups in total. The van der Waals surface area contributed by atoms with E-state index in [1.165, 1.54) is 37.1 Å². The summed E-state index contributed by atoms with van der Waals surface area (Å²) in [6, 6.07) is 3.95. The summed E-state index contributed by atoms with van der Waals surface area (Å²) in [5.41, 5.74) is 3.28. The van der Waals surface area contributed by atoms with Crippen LogP contribution in [0.3, 0.4) is 0 Å². The molecule has 6 nitrogen and oxygen atoms in total. The maximum absolute atomic E-state index is 6.01. The summed E-state index contributed by atoms with van der Waals surface area (Å²) in [6.07, 6.45) is 6.91. The van der Waals surface area contributed by atoms with Gasteiger partial charge in [0.05, 0.1) is 29.2 Å². The highest BCUT2D eigenvalue weighted by Crippen LogP contribution is 2.39. The molecule has 27 heavy (non-hydrogen) atoms. The molecule has 0 radical (unpaired) electrons. The van der Waals surface area contributed by atoms with Crippen molar-refractivity contribution in [3.8, 4) is 5.88 Å². The van der Waals surface area contributed by atoms with Crippen LogP contribution in [0.15, 0.2) is 23.7 Å². The van der Waals surface area contributed by atoms with E-state index in [0.717, 1.165) is 36.9 Å². The predicted octanol–water partition coefficient (Wildman–Crippen LogP) is 3.66. The van der Waals surface area contributed by atoms with Gasteiger partial charge in [-0.05, 0) is 57.7 Å². The number of hydrogen-bond acceptors (Lipinski definition) is 6. The first kappa shape index (κ1) is 17.1. The predicted molar refractivity (Wildman–Crippen MR) is 105 cm³/mol. The second kappa shape index (κ2) is 7.20. The number of nitrogens with zero attached hydrogens (tertiary/aromatic N) is 5. The number of aryl methyl sites for hydroxylation is 1. The van der Waals surface area contributed by atoms with Gasteiger partial charge in [-0.1, -0.05) is 0 Å². The van der Waals surface area contributed by atoms with Crippen molar-refractivity contribution in [2.24, 2.45) is 5.92 Å². The molecule has 2 fully saturated rings. The van der Waals surface area contributed by atoms with E-state index in [1.54, 1.807) is 11.3 Å². The minimum absolute atomic E-state index is 0.598. The van der Waals surface area contributed by atoms with Crippen molar-refractivity contribution in [3.63, 3.8) is 0 Å². The van der Waals surface area contributed by atoms with Crippen LogP contribution in [0.2, 0.25) is 0 Å². The fraction of sp³-hybridized carbons (Fsp3) is 0.550. The van der Waals surface area contributed by atoms with Gasteiger partial charge in [0.1, 0.15) is 0 Å². The molecule has 142 valence electrons. The molecular weight excluding hydrogens is 358 g/mol. The molecule has 3 aromatic heterocycles. The zero-order valence-corrected chi connectivity index (χ0v) is 16.5. The van der Waals surface area contributed by atoms with Gasteiger partial charge in [-0.3, -0.25) is 4.90 Å². The standard InChI is InChI=1S/C20H25N5OS/c1-14-21-17(13-27-14)10-24-8-6-15(7-9-24)12-26-20-5-4-19-22-18(16-2-3-16)11-25(19)23-20/h4-5,11,13,15-16H,2-3,6-10,12H2,1H3. The Morgan fingerprint density at radius 3 is 2.74 bits per heavy atom. The van der Waals surface area contributed by atoms with Crippen LogP contribution in [0.4, 0.5) is 0 Å². The fourth-order valence-corrected chi connectivity index (χ4v) is 4.36. The molecule has 0 amide bonds. The van der Waals surface area contributed by atoms with Gasteiger partial charge in [-0.25, -0.2) is 14.5 Å². The summed E-state index contributed by atoms with van der Waals surface area (Å²) >= 11 is 1.74. The summed E-state index contributed by atoms with van der Waals surface area (Å²) in [6.45, 7) is 6.01. The summed E-state index contributed by atoms with van der Waals surface area (Å²) < 4.78 is 7.87. The summed E-state index contributed by atoms with van der Waals surface area (Å²) in [7, 11) is 0. The molecule has 3 aromatic rings. The number of piperidine rings is 1. The molecule has 1 aliphatic heterocycles. The van der Waals surface area contributed by atoms with Gasteiger partial charge in [-0.2, -0.15) is 0 Å². The number of thiazole rings is 1. The van der Waals surface area contributed by atoms with Crippen LogP contribution in [-0.4, -0.2) is 44.2 Å². The largest absolute Gasteiger partial charge is 0.476 e. The summed E-state index contributed by atoms with van der Waals surface area (Å²) in [4.78, 5) is 11.7. The van der Waals surface area contributed by atoms with E-state index >= 15 is 0 Å². The number of likely N-dealkylation sites (tertiary alicyclic amines) is 1. The molecule has 1 saturated heterocycles. The van der Waals surface area contributed by atoms with Crippen LogP contribution in [0.5, 0.6) is 5.88 Å². The molecule has 5 rings (SSSR count). The molecule has 0 unspecified atom stereocenters. The van der Waals surface area contributed by atoms with Crippen LogP contribution in [0, 0.1) is 12.8 Å². The topological polar surface area (TPSA) is 55.5 Å². The lowest BCUT2D eigenvalue weighted by Crippen LogP contribution is -2.35. The number of ether oxygens (including phenoxy) is 1. The Morgan fingerprint density at radius 2 is 2.00 bits per heavy atom. The Kier molecular flexibility index (Phi) is 4.57. The van der Waals surface area contributed by atoms with Crippen molar-refractivity contribution < 1.29 is 4.74 Å². The van der Waals surface area contributed by atoms with Crippen molar-refractivity contribution >= 4 is 17.0 Å². The SMILES string of the molecule is Cc1nc(CN2CCC(COc3ccc4nc(C5CC5)cn4n3)CC2)cs1. The van der Waals surface area contributed by atoms with E-state index in [2.05, 4.69) is 38.5 Å². The maximum Gasteiger partial charge on any atom is 0.231 e. The highest BCUT2D eigenvalue weighted by atomic mass is 32.1. The van der Waals surface area contributed by atoms with Crippen LogP contribution in [0.1, 0.15) is 48.0 Å². The second-order valence-electron chi connectivity index (χ2n) is 7.80. The van der Waals surface area contributed by atoms with E-state index in [4.69, 9.17) is 4.74 Å². The first-order valence-corrected chi connectivity index (χ1v) is 10.7. The molecule has 0 bridgehead atoms. The number of rotatable bonds is 6. The smallest absolute Gasteiger partial charge is 0.231 e. The van der Waals surface area contributed by atoms with Gasteiger partial charge in [0.15, 0.2) is 5.65 Å². The third-order valence-electron chi connectivity index (χ3n) is 5.54.